The van der Waals surface area contributed by atoms with Crippen molar-refractivity contribution in [2.24, 2.45) is 0 Å². The van der Waals surface area contributed by atoms with Crippen molar-refractivity contribution in [1.29, 1.82) is 0 Å². The molecule has 7 nitrogen and oxygen atoms in total. The average molecular weight is 430 g/mol. The summed E-state index contributed by atoms with van der Waals surface area (Å²) in [6, 6.07) is 13.0. The number of benzene rings is 1. The summed E-state index contributed by atoms with van der Waals surface area (Å²) in [6.45, 7) is 4.68. The van der Waals surface area contributed by atoms with E-state index in [0.717, 1.165) is 12.8 Å². The van der Waals surface area contributed by atoms with Crippen LogP contribution < -0.4 is 10.1 Å². The summed E-state index contributed by atoms with van der Waals surface area (Å²) in [4.78, 5) is 15.8. The van der Waals surface area contributed by atoms with Gasteiger partial charge in [0.05, 0.1) is 12.8 Å². The van der Waals surface area contributed by atoms with Crippen LogP contribution in [0.15, 0.2) is 66.2 Å². The Morgan fingerprint density at radius 3 is 2.70 bits per heavy atom. The molecule has 0 saturated carbocycles. The van der Waals surface area contributed by atoms with Gasteiger partial charge in [-0.3, -0.25) is 4.79 Å². The number of pyridine rings is 1. The lowest BCUT2D eigenvalue weighted by Crippen LogP contribution is -2.36. The molecule has 0 aliphatic carbocycles. The molecular weight excluding hydrogens is 402 g/mol. The van der Waals surface area contributed by atoms with Gasteiger partial charge in [-0.1, -0.05) is 36.9 Å². The molecule has 30 heavy (non-hydrogen) atoms. The Balaban J connectivity index is 1.56. The number of nitrogens with one attached hydrogen (secondary N) is 1. The highest BCUT2D eigenvalue weighted by Gasteiger charge is 2.28. The summed E-state index contributed by atoms with van der Waals surface area (Å²) < 4.78 is 33.0. The first-order valence-corrected chi connectivity index (χ1v) is 11.5. The van der Waals surface area contributed by atoms with Crippen LogP contribution in [0.1, 0.15) is 24.8 Å². The van der Waals surface area contributed by atoms with Crippen LogP contribution in [0.5, 0.6) is 5.88 Å². The number of amides is 1. The van der Waals surface area contributed by atoms with Crippen molar-refractivity contribution < 1.29 is 17.9 Å². The molecule has 1 aromatic heterocycles. The number of hydrogen-bond acceptors (Lipinski definition) is 5. The molecule has 1 atom stereocenters. The minimum absolute atomic E-state index is 0.0470. The molecule has 0 spiro atoms. The molecule has 1 aliphatic rings. The minimum atomic E-state index is -3.64. The van der Waals surface area contributed by atoms with Crippen molar-refractivity contribution >= 4 is 15.9 Å². The summed E-state index contributed by atoms with van der Waals surface area (Å²) in [5.74, 6) is 0.163. The highest BCUT2D eigenvalue weighted by molar-refractivity contribution is 7.89. The molecule has 2 heterocycles. The van der Waals surface area contributed by atoms with E-state index in [-0.39, 0.29) is 16.8 Å². The summed E-state index contributed by atoms with van der Waals surface area (Å²) in [5, 5.41) is 2.85. The second-order valence-corrected chi connectivity index (χ2v) is 9.10. The number of carbonyl (C=O) groups excluding carboxylic acids is 1. The summed E-state index contributed by atoms with van der Waals surface area (Å²) >= 11 is 0. The maximum Gasteiger partial charge on any atom is 0.244 e. The second kappa shape index (κ2) is 10.4. The normalized spacial score (nSPS) is 17.7. The molecule has 1 unspecified atom stereocenters. The van der Waals surface area contributed by atoms with Crippen LogP contribution in [0, 0.1) is 0 Å². The van der Waals surface area contributed by atoms with Crippen LogP contribution in [-0.2, 0) is 21.2 Å². The number of hydrogen-bond donors (Lipinski definition) is 1. The monoisotopic (exact) mass is 429 g/mol. The van der Waals surface area contributed by atoms with E-state index >= 15 is 0 Å². The zero-order valence-corrected chi connectivity index (χ0v) is 17.7. The molecule has 2 aromatic rings. The first-order valence-electron chi connectivity index (χ1n) is 10.0. The number of aromatic nitrogens is 1. The summed E-state index contributed by atoms with van der Waals surface area (Å²) in [5.41, 5.74) is 1.17. The Hall–Kier alpha value is -2.71. The van der Waals surface area contributed by atoms with Gasteiger partial charge in [-0.25, -0.2) is 13.4 Å². The van der Waals surface area contributed by atoms with Gasteiger partial charge in [-0.2, -0.15) is 4.31 Å². The SMILES string of the molecule is C=CC(=O)NC1CCCN(S(=O)(=O)c2ccc(OCCc3ccccc3)nc2)CC1. The zero-order chi connectivity index (χ0) is 21.4. The lowest BCUT2D eigenvalue weighted by Gasteiger charge is -2.20. The Morgan fingerprint density at radius 1 is 1.20 bits per heavy atom. The van der Waals surface area contributed by atoms with Crippen LogP contribution in [0.25, 0.3) is 0 Å². The van der Waals surface area contributed by atoms with E-state index < -0.39 is 10.0 Å². The van der Waals surface area contributed by atoms with Gasteiger partial charge in [-0.15, -0.1) is 0 Å². The van der Waals surface area contributed by atoms with Crippen LogP contribution >= 0.6 is 0 Å². The quantitative estimate of drug-likeness (QED) is 0.652. The molecular formula is C22H27N3O4S. The zero-order valence-electron chi connectivity index (χ0n) is 16.9. The molecule has 160 valence electrons. The van der Waals surface area contributed by atoms with Gasteiger partial charge in [0, 0.05) is 31.6 Å². The predicted molar refractivity (Wildman–Crippen MR) is 115 cm³/mol. The van der Waals surface area contributed by atoms with Gasteiger partial charge in [-0.05, 0) is 37.0 Å². The van der Waals surface area contributed by atoms with Crippen molar-refractivity contribution in [2.75, 3.05) is 19.7 Å². The number of ether oxygens (including phenoxy) is 1. The van der Waals surface area contributed by atoms with Crippen molar-refractivity contribution in [3.8, 4) is 5.88 Å². The van der Waals surface area contributed by atoms with Crippen LogP contribution in [0.3, 0.4) is 0 Å². The highest BCUT2D eigenvalue weighted by Crippen LogP contribution is 2.21. The average Bonchev–Trinajstić information content (AvgIpc) is 3.01. The fourth-order valence-electron chi connectivity index (χ4n) is 3.39. The van der Waals surface area contributed by atoms with E-state index in [4.69, 9.17) is 4.74 Å². The Labute approximate surface area is 177 Å². The molecule has 8 heteroatoms. The lowest BCUT2D eigenvalue weighted by atomic mass is 10.1. The van der Waals surface area contributed by atoms with Crippen LogP contribution in [-0.4, -0.2) is 49.4 Å². The predicted octanol–water partition coefficient (Wildman–Crippen LogP) is 2.55. The van der Waals surface area contributed by atoms with E-state index in [9.17, 15) is 13.2 Å². The maximum absolute atomic E-state index is 13.0. The molecule has 1 fully saturated rings. The summed E-state index contributed by atoms with van der Waals surface area (Å²) in [7, 11) is -3.64. The van der Waals surface area contributed by atoms with Crippen molar-refractivity contribution in [2.45, 2.75) is 36.6 Å². The van der Waals surface area contributed by atoms with Gasteiger partial charge in [0.2, 0.25) is 21.8 Å². The van der Waals surface area contributed by atoms with E-state index in [2.05, 4.69) is 16.9 Å². The molecule has 1 N–H and O–H groups in total. The minimum Gasteiger partial charge on any atom is -0.477 e. The Bertz CT molecular complexity index is 946. The third-order valence-electron chi connectivity index (χ3n) is 5.05. The van der Waals surface area contributed by atoms with Crippen LogP contribution in [0.4, 0.5) is 0 Å². The molecule has 1 amide bonds. The first-order chi connectivity index (χ1) is 14.5. The molecule has 1 aliphatic heterocycles. The molecule has 3 rings (SSSR count). The van der Waals surface area contributed by atoms with Gasteiger partial charge in [0.15, 0.2) is 0 Å². The third-order valence-corrected chi connectivity index (χ3v) is 6.93. The molecule has 0 radical (unpaired) electrons. The first kappa shape index (κ1) is 22.0. The summed E-state index contributed by atoms with van der Waals surface area (Å²) in [6.07, 6.45) is 5.30. The fourth-order valence-corrected chi connectivity index (χ4v) is 4.83. The lowest BCUT2D eigenvalue weighted by molar-refractivity contribution is -0.117. The van der Waals surface area contributed by atoms with Gasteiger partial charge in [0.25, 0.3) is 0 Å². The van der Waals surface area contributed by atoms with Crippen LogP contribution in [0.2, 0.25) is 0 Å². The smallest absolute Gasteiger partial charge is 0.244 e. The van der Waals surface area contributed by atoms with E-state index in [0.29, 0.717) is 38.4 Å². The van der Waals surface area contributed by atoms with E-state index in [1.165, 1.54) is 28.2 Å². The van der Waals surface area contributed by atoms with Gasteiger partial charge >= 0.3 is 0 Å². The Morgan fingerprint density at radius 2 is 2.00 bits per heavy atom. The molecule has 1 aromatic carbocycles. The number of rotatable bonds is 8. The maximum atomic E-state index is 13.0. The second-order valence-electron chi connectivity index (χ2n) is 7.16. The number of nitrogens with zero attached hydrogens (tertiary/aromatic N) is 2. The topological polar surface area (TPSA) is 88.6 Å². The van der Waals surface area contributed by atoms with E-state index in [1.54, 1.807) is 6.07 Å². The standard InChI is InChI=1S/C22H27N3O4S/c1-2-21(26)24-19-9-6-14-25(15-12-19)30(27,28)20-10-11-22(23-17-20)29-16-13-18-7-4-3-5-8-18/h2-5,7-8,10-11,17,19H,1,6,9,12-16H2,(H,24,26). The van der Waals surface area contributed by atoms with Gasteiger partial charge < -0.3 is 10.1 Å². The Kier molecular flexibility index (Phi) is 7.59. The van der Waals surface area contributed by atoms with E-state index in [1.807, 2.05) is 30.3 Å². The van der Waals surface area contributed by atoms with Crippen molar-refractivity contribution in [3.05, 3.63) is 66.9 Å². The number of carbonyl (C=O) groups is 1. The van der Waals surface area contributed by atoms with Crippen molar-refractivity contribution in [1.82, 2.24) is 14.6 Å². The fraction of sp³-hybridized carbons (Fsp3) is 0.364. The molecule has 0 bridgehead atoms. The van der Waals surface area contributed by atoms with Crippen molar-refractivity contribution in [3.63, 3.8) is 0 Å². The van der Waals surface area contributed by atoms with Gasteiger partial charge in [0.1, 0.15) is 4.90 Å². The third kappa shape index (κ3) is 5.90. The largest absolute Gasteiger partial charge is 0.477 e. The highest BCUT2D eigenvalue weighted by atomic mass is 32.2. The molecule has 1 saturated heterocycles. The number of sulfonamides is 1.